The van der Waals surface area contributed by atoms with Crippen LogP contribution < -0.4 is 5.43 Å². The van der Waals surface area contributed by atoms with Crippen LogP contribution in [0.1, 0.15) is 25.7 Å². The Morgan fingerprint density at radius 2 is 1.90 bits per heavy atom. The van der Waals surface area contributed by atoms with E-state index in [9.17, 15) is 4.79 Å². The molecule has 5 nitrogen and oxygen atoms in total. The number of amides is 1. The lowest BCUT2D eigenvalue weighted by Crippen LogP contribution is -2.37. The zero-order chi connectivity index (χ0) is 15.1. The van der Waals surface area contributed by atoms with Crippen molar-refractivity contribution in [1.29, 1.82) is 5.26 Å². The maximum Gasteiger partial charge on any atom is 0.285 e. The smallest absolute Gasteiger partial charge is 0.285 e. The fraction of sp³-hybridized carbons (Fsp3) is 0.400. The Morgan fingerprint density at radius 1 is 1.24 bits per heavy atom. The zero-order valence-electron chi connectivity index (χ0n) is 11.7. The number of nitriles is 1. The van der Waals surface area contributed by atoms with Crippen LogP contribution in [0.4, 0.5) is 5.69 Å². The third kappa shape index (κ3) is 4.20. The average Bonchev–Trinajstić information content (AvgIpc) is 2.78. The van der Waals surface area contributed by atoms with Crippen LogP contribution in [0.25, 0.3) is 0 Å². The summed E-state index contributed by atoms with van der Waals surface area (Å²) in [7, 11) is 0. The number of nitrogens with one attached hydrogen (secondary N) is 1. The van der Waals surface area contributed by atoms with Crippen molar-refractivity contribution >= 4 is 28.9 Å². The molecule has 1 amide bonds. The molecule has 2 rings (SSSR count). The third-order valence-electron chi connectivity index (χ3n) is 3.36. The van der Waals surface area contributed by atoms with Gasteiger partial charge in [-0.25, -0.2) is 0 Å². The molecule has 0 atom stereocenters. The number of benzene rings is 1. The first-order chi connectivity index (χ1) is 10.2. The van der Waals surface area contributed by atoms with Gasteiger partial charge >= 0.3 is 0 Å². The number of carbonyl (C=O) groups excluding carboxylic acids is 1. The van der Waals surface area contributed by atoms with Crippen molar-refractivity contribution in [2.75, 3.05) is 18.5 Å². The fourth-order valence-corrected chi connectivity index (χ4v) is 2.39. The molecule has 1 N–H and O–H groups in total. The molecule has 0 bridgehead atoms. The molecule has 0 aromatic heterocycles. The summed E-state index contributed by atoms with van der Waals surface area (Å²) < 4.78 is 0. The Bertz CT molecular complexity index is 571. The van der Waals surface area contributed by atoms with Crippen LogP contribution in [0.5, 0.6) is 0 Å². The lowest BCUT2D eigenvalue weighted by atomic mass is 10.2. The number of hydrogen-bond acceptors (Lipinski definition) is 4. The van der Waals surface area contributed by atoms with Gasteiger partial charge in [-0.15, -0.1) is 0 Å². The number of para-hydroxylation sites is 1. The molecule has 1 fully saturated rings. The van der Waals surface area contributed by atoms with E-state index in [4.69, 9.17) is 16.9 Å². The molecule has 0 spiro atoms. The minimum Gasteiger partial charge on any atom is -0.337 e. The summed E-state index contributed by atoms with van der Waals surface area (Å²) >= 11 is 5.99. The van der Waals surface area contributed by atoms with Crippen molar-refractivity contribution in [1.82, 2.24) is 4.90 Å². The number of anilines is 1. The monoisotopic (exact) mass is 304 g/mol. The normalized spacial score (nSPS) is 16.0. The van der Waals surface area contributed by atoms with Crippen molar-refractivity contribution in [3.05, 3.63) is 29.3 Å². The van der Waals surface area contributed by atoms with Crippen molar-refractivity contribution in [2.45, 2.75) is 25.7 Å². The van der Waals surface area contributed by atoms with Crippen LogP contribution in [0.2, 0.25) is 5.02 Å². The van der Waals surface area contributed by atoms with Crippen LogP contribution in [0, 0.1) is 11.3 Å². The molecule has 1 heterocycles. The van der Waals surface area contributed by atoms with E-state index in [1.807, 2.05) is 6.07 Å². The molecule has 0 unspecified atom stereocenters. The predicted octanol–water partition coefficient (Wildman–Crippen LogP) is 3.03. The fourth-order valence-electron chi connectivity index (χ4n) is 2.21. The molecule has 21 heavy (non-hydrogen) atoms. The van der Waals surface area contributed by atoms with Crippen LogP contribution >= 0.6 is 11.6 Å². The molecule has 1 aromatic rings. The summed E-state index contributed by atoms with van der Waals surface area (Å²) in [5.74, 6) is -0.320. The molecular weight excluding hydrogens is 288 g/mol. The highest BCUT2D eigenvalue weighted by Crippen LogP contribution is 2.20. The highest BCUT2D eigenvalue weighted by Gasteiger charge is 2.20. The molecule has 0 aliphatic carbocycles. The maximum atomic E-state index is 12.3. The van der Waals surface area contributed by atoms with Gasteiger partial charge in [0.15, 0.2) is 0 Å². The van der Waals surface area contributed by atoms with E-state index < -0.39 is 0 Å². The predicted molar refractivity (Wildman–Crippen MR) is 83.2 cm³/mol. The van der Waals surface area contributed by atoms with Gasteiger partial charge in [-0.1, -0.05) is 36.6 Å². The maximum absolute atomic E-state index is 12.3. The van der Waals surface area contributed by atoms with Crippen LogP contribution in [-0.4, -0.2) is 29.6 Å². The molecule has 1 saturated heterocycles. The van der Waals surface area contributed by atoms with Gasteiger partial charge < -0.3 is 4.90 Å². The minimum absolute atomic E-state index is 0.142. The second-order valence-electron chi connectivity index (χ2n) is 4.87. The molecule has 0 radical (unpaired) electrons. The summed E-state index contributed by atoms with van der Waals surface area (Å²) in [5, 5.41) is 13.5. The standard InChI is InChI=1S/C15H17ClN4O/c16-12-7-3-4-8-13(12)18-19-14(11-17)15(21)20-9-5-1-2-6-10-20/h3-4,7-8,18H,1-2,5-6,9-10H2/b19-14+. The van der Waals surface area contributed by atoms with Crippen molar-refractivity contribution < 1.29 is 4.79 Å². The van der Waals surface area contributed by atoms with E-state index >= 15 is 0 Å². The van der Waals surface area contributed by atoms with Crippen molar-refractivity contribution in [3.63, 3.8) is 0 Å². The summed E-state index contributed by atoms with van der Waals surface area (Å²) in [5.41, 5.74) is 3.11. The summed E-state index contributed by atoms with van der Waals surface area (Å²) in [6.07, 6.45) is 4.20. The van der Waals surface area contributed by atoms with Gasteiger partial charge in [0, 0.05) is 13.1 Å². The second-order valence-corrected chi connectivity index (χ2v) is 5.28. The number of rotatable bonds is 3. The number of likely N-dealkylation sites (tertiary alicyclic amines) is 1. The van der Waals surface area contributed by atoms with E-state index in [0.717, 1.165) is 25.7 Å². The Hall–Kier alpha value is -2.06. The Balaban J connectivity index is 2.08. The van der Waals surface area contributed by atoms with Crippen LogP contribution in [-0.2, 0) is 4.79 Å². The summed E-state index contributed by atoms with van der Waals surface area (Å²) in [4.78, 5) is 14.0. The van der Waals surface area contributed by atoms with Crippen LogP contribution in [0.15, 0.2) is 29.4 Å². The van der Waals surface area contributed by atoms with Gasteiger partial charge in [-0.05, 0) is 25.0 Å². The largest absolute Gasteiger partial charge is 0.337 e. The SMILES string of the molecule is N#C/C(=N\Nc1ccccc1Cl)C(=O)N1CCCCCC1. The number of hydrazone groups is 1. The first-order valence-corrected chi connectivity index (χ1v) is 7.38. The van der Waals surface area contributed by atoms with Crippen molar-refractivity contribution in [2.24, 2.45) is 5.10 Å². The molecule has 1 aromatic carbocycles. The third-order valence-corrected chi connectivity index (χ3v) is 3.69. The van der Waals surface area contributed by atoms with Gasteiger partial charge in [0.25, 0.3) is 5.91 Å². The second kappa shape index (κ2) is 7.65. The Kier molecular flexibility index (Phi) is 5.59. The van der Waals surface area contributed by atoms with E-state index in [2.05, 4.69) is 10.5 Å². The van der Waals surface area contributed by atoms with Crippen molar-refractivity contribution in [3.8, 4) is 6.07 Å². The van der Waals surface area contributed by atoms with Gasteiger partial charge in [0.05, 0.1) is 10.7 Å². The lowest BCUT2D eigenvalue weighted by molar-refractivity contribution is -0.123. The first kappa shape index (κ1) is 15.3. The average molecular weight is 305 g/mol. The molecular formula is C15H17ClN4O. The lowest BCUT2D eigenvalue weighted by Gasteiger charge is -2.18. The molecule has 0 saturated carbocycles. The van der Waals surface area contributed by atoms with E-state index in [1.165, 1.54) is 0 Å². The van der Waals surface area contributed by atoms with Crippen LogP contribution in [0.3, 0.4) is 0 Å². The number of halogens is 1. The summed E-state index contributed by atoms with van der Waals surface area (Å²) in [6.45, 7) is 1.37. The quantitative estimate of drug-likeness (QED) is 0.689. The van der Waals surface area contributed by atoms with Gasteiger partial charge in [-0.2, -0.15) is 10.4 Å². The van der Waals surface area contributed by atoms with Gasteiger partial charge in [0.2, 0.25) is 5.71 Å². The van der Waals surface area contributed by atoms with Gasteiger partial charge in [-0.3, -0.25) is 10.2 Å². The number of nitrogens with zero attached hydrogens (tertiary/aromatic N) is 3. The topological polar surface area (TPSA) is 68.5 Å². The number of carbonyl (C=O) groups is 1. The minimum atomic E-state index is -0.320. The summed E-state index contributed by atoms with van der Waals surface area (Å²) in [6, 6.07) is 8.90. The first-order valence-electron chi connectivity index (χ1n) is 7.00. The zero-order valence-corrected chi connectivity index (χ0v) is 12.4. The highest BCUT2D eigenvalue weighted by molar-refractivity contribution is 6.45. The Labute approximate surface area is 129 Å². The Morgan fingerprint density at radius 3 is 2.52 bits per heavy atom. The molecule has 110 valence electrons. The molecule has 6 heteroatoms. The van der Waals surface area contributed by atoms with E-state index in [-0.39, 0.29) is 11.6 Å². The number of hydrogen-bond donors (Lipinski definition) is 1. The molecule has 1 aliphatic heterocycles. The molecule has 1 aliphatic rings. The highest BCUT2D eigenvalue weighted by atomic mass is 35.5. The van der Waals surface area contributed by atoms with E-state index in [0.29, 0.717) is 23.8 Å². The van der Waals surface area contributed by atoms with Gasteiger partial charge in [0.1, 0.15) is 6.07 Å². The van der Waals surface area contributed by atoms with E-state index in [1.54, 1.807) is 29.2 Å².